The number of ketones is 1. The molecule has 3 nitrogen and oxygen atoms in total. The van der Waals surface area contributed by atoms with Gasteiger partial charge in [0.2, 0.25) is 5.78 Å². The third-order valence-corrected chi connectivity index (χ3v) is 5.21. The van der Waals surface area contributed by atoms with Crippen LogP contribution in [0.4, 0.5) is 0 Å². The molecule has 4 aromatic rings. The minimum atomic E-state index is -0.114. The average molecular weight is 404 g/mol. The van der Waals surface area contributed by atoms with E-state index in [9.17, 15) is 4.79 Å². The summed E-state index contributed by atoms with van der Waals surface area (Å²) in [6.07, 6.45) is 1.78. The summed E-state index contributed by atoms with van der Waals surface area (Å²) in [4.78, 5) is 12.7. The second kappa shape index (κ2) is 8.33. The number of fused-ring (bicyclic) bond motifs is 1. The minimum Gasteiger partial charge on any atom is -0.489 e. The van der Waals surface area contributed by atoms with Gasteiger partial charge in [-0.2, -0.15) is 0 Å². The van der Waals surface area contributed by atoms with Crippen LogP contribution in [0.2, 0.25) is 0 Å². The van der Waals surface area contributed by atoms with Crippen molar-refractivity contribution >= 4 is 11.9 Å². The van der Waals surface area contributed by atoms with Gasteiger partial charge in [0.1, 0.15) is 18.1 Å². The molecule has 31 heavy (non-hydrogen) atoms. The summed E-state index contributed by atoms with van der Waals surface area (Å²) in [5, 5.41) is 0. The van der Waals surface area contributed by atoms with Gasteiger partial charge < -0.3 is 9.47 Å². The summed E-state index contributed by atoms with van der Waals surface area (Å²) in [6.45, 7) is 0.462. The van der Waals surface area contributed by atoms with Gasteiger partial charge in [0.25, 0.3) is 0 Å². The van der Waals surface area contributed by atoms with E-state index >= 15 is 0 Å². The lowest BCUT2D eigenvalue weighted by molar-refractivity contribution is 0.101. The zero-order valence-electron chi connectivity index (χ0n) is 16.8. The van der Waals surface area contributed by atoms with Crippen LogP contribution < -0.4 is 9.47 Å². The second-order valence-electron chi connectivity index (χ2n) is 7.36. The van der Waals surface area contributed by atoms with Gasteiger partial charge >= 0.3 is 0 Å². The van der Waals surface area contributed by atoms with Gasteiger partial charge in [-0.25, -0.2) is 0 Å². The first-order valence-electron chi connectivity index (χ1n) is 10.2. The van der Waals surface area contributed by atoms with E-state index in [4.69, 9.17) is 9.47 Å². The Kier molecular flexibility index (Phi) is 5.07. The Morgan fingerprint density at radius 2 is 1.42 bits per heavy atom. The Balaban J connectivity index is 1.31. The van der Waals surface area contributed by atoms with Crippen molar-refractivity contribution in [2.45, 2.75) is 6.61 Å². The summed E-state index contributed by atoms with van der Waals surface area (Å²) >= 11 is 0. The molecule has 1 heterocycles. The summed E-state index contributed by atoms with van der Waals surface area (Å²) in [6, 6.07) is 33.6. The molecule has 0 saturated carbocycles. The number of rotatable bonds is 5. The summed E-state index contributed by atoms with van der Waals surface area (Å²) in [5.41, 5.74) is 4.84. The minimum absolute atomic E-state index is 0.114. The fraction of sp³-hybridized carbons (Fsp3) is 0.0357. The van der Waals surface area contributed by atoms with E-state index in [2.05, 4.69) is 12.1 Å². The standard InChI is InChI=1S/C28H20O3/c29-28-25-16-15-24(30-19-21-7-3-1-4-8-21)18-26(25)31-27(28)17-20-11-13-23(14-12-20)22-9-5-2-6-10-22/h1-18H,19H2/b27-17+. The number of hydrogen-bond acceptors (Lipinski definition) is 3. The lowest BCUT2D eigenvalue weighted by Gasteiger charge is -2.07. The van der Waals surface area contributed by atoms with E-state index in [1.165, 1.54) is 0 Å². The van der Waals surface area contributed by atoms with Crippen molar-refractivity contribution in [1.29, 1.82) is 0 Å². The number of carbonyl (C=O) groups excluding carboxylic acids is 1. The molecular formula is C28H20O3. The first kappa shape index (κ1) is 18.9. The van der Waals surface area contributed by atoms with Crippen LogP contribution in [0.15, 0.2) is 109 Å². The van der Waals surface area contributed by atoms with E-state index in [1.807, 2.05) is 72.8 Å². The van der Waals surface area contributed by atoms with E-state index in [-0.39, 0.29) is 5.78 Å². The second-order valence-corrected chi connectivity index (χ2v) is 7.36. The van der Waals surface area contributed by atoms with Gasteiger partial charge in [-0.3, -0.25) is 4.79 Å². The molecule has 0 radical (unpaired) electrons. The van der Waals surface area contributed by atoms with Crippen LogP contribution >= 0.6 is 0 Å². The van der Waals surface area contributed by atoms with Gasteiger partial charge in [-0.1, -0.05) is 84.9 Å². The van der Waals surface area contributed by atoms with Crippen molar-refractivity contribution < 1.29 is 14.3 Å². The third kappa shape index (κ3) is 4.12. The molecule has 0 amide bonds. The average Bonchev–Trinajstić information content (AvgIpc) is 3.14. The van der Waals surface area contributed by atoms with E-state index in [0.29, 0.717) is 29.4 Å². The third-order valence-electron chi connectivity index (χ3n) is 5.21. The molecular weight excluding hydrogens is 384 g/mol. The smallest absolute Gasteiger partial charge is 0.231 e. The maximum atomic E-state index is 12.7. The molecule has 1 aliphatic heterocycles. The van der Waals surface area contributed by atoms with Crippen molar-refractivity contribution in [2.24, 2.45) is 0 Å². The fourth-order valence-electron chi connectivity index (χ4n) is 3.55. The van der Waals surface area contributed by atoms with Crippen molar-refractivity contribution in [3.05, 3.63) is 126 Å². The van der Waals surface area contributed by atoms with Crippen molar-refractivity contribution in [1.82, 2.24) is 0 Å². The SMILES string of the molecule is O=C1/C(=C\c2ccc(-c3ccccc3)cc2)Oc2cc(OCc3ccccc3)ccc21. The van der Waals surface area contributed by atoms with E-state index in [1.54, 1.807) is 24.3 Å². The topological polar surface area (TPSA) is 35.5 Å². The molecule has 0 N–H and O–H groups in total. The van der Waals surface area contributed by atoms with Crippen molar-refractivity contribution in [3.63, 3.8) is 0 Å². The number of hydrogen-bond donors (Lipinski definition) is 0. The van der Waals surface area contributed by atoms with Crippen LogP contribution in [0.25, 0.3) is 17.2 Å². The first-order chi connectivity index (χ1) is 15.3. The molecule has 0 aromatic heterocycles. The molecule has 0 unspecified atom stereocenters. The summed E-state index contributed by atoms with van der Waals surface area (Å²) in [5.74, 6) is 1.41. The molecule has 0 aliphatic carbocycles. The first-order valence-corrected chi connectivity index (χ1v) is 10.2. The summed E-state index contributed by atoms with van der Waals surface area (Å²) in [7, 11) is 0. The highest BCUT2D eigenvalue weighted by Gasteiger charge is 2.27. The number of benzene rings is 4. The Morgan fingerprint density at radius 1 is 0.742 bits per heavy atom. The van der Waals surface area contributed by atoms with Gasteiger partial charge in [-0.15, -0.1) is 0 Å². The molecule has 0 atom stereocenters. The Bertz CT molecular complexity index is 1240. The predicted octanol–water partition coefficient (Wildman–Crippen LogP) is 6.55. The van der Waals surface area contributed by atoms with Crippen LogP contribution in [0, 0.1) is 0 Å². The Hall–Kier alpha value is -4.11. The molecule has 150 valence electrons. The number of Topliss-reactive ketones (excluding diaryl/α,β-unsaturated/α-hetero) is 1. The highest BCUT2D eigenvalue weighted by Crippen LogP contribution is 2.35. The van der Waals surface area contributed by atoms with Gasteiger partial charge in [0.05, 0.1) is 5.56 Å². The Labute approximate surface area is 181 Å². The van der Waals surface area contributed by atoms with Crippen molar-refractivity contribution in [3.8, 4) is 22.6 Å². The van der Waals surface area contributed by atoms with Crippen LogP contribution in [-0.2, 0) is 6.61 Å². The van der Waals surface area contributed by atoms with Gasteiger partial charge in [0, 0.05) is 6.07 Å². The predicted molar refractivity (Wildman–Crippen MR) is 122 cm³/mol. The highest BCUT2D eigenvalue weighted by atomic mass is 16.5. The monoisotopic (exact) mass is 404 g/mol. The molecule has 0 fully saturated rings. The zero-order valence-corrected chi connectivity index (χ0v) is 16.8. The van der Waals surface area contributed by atoms with Crippen LogP contribution in [-0.4, -0.2) is 5.78 Å². The highest BCUT2D eigenvalue weighted by molar-refractivity contribution is 6.14. The van der Waals surface area contributed by atoms with Crippen LogP contribution in [0.5, 0.6) is 11.5 Å². The number of allylic oxidation sites excluding steroid dienone is 1. The fourth-order valence-corrected chi connectivity index (χ4v) is 3.55. The normalized spacial score (nSPS) is 13.7. The largest absolute Gasteiger partial charge is 0.489 e. The molecule has 4 aromatic carbocycles. The summed E-state index contributed by atoms with van der Waals surface area (Å²) < 4.78 is 11.7. The molecule has 3 heteroatoms. The lowest BCUT2D eigenvalue weighted by atomic mass is 10.0. The van der Waals surface area contributed by atoms with Crippen LogP contribution in [0.3, 0.4) is 0 Å². The van der Waals surface area contributed by atoms with Gasteiger partial charge in [-0.05, 0) is 40.5 Å². The molecule has 1 aliphatic rings. The molecule has 5 rings (SSSR count). The van der Waals surface area contributed by atoms with Gasteiger partial charge in [0.15, 0.2) is 5.76 Å². The quantitative estimate of drug-likeness (QED) is 0.354. The lowest BCUT2D eigenvalue weighted by Crippen LogP contribution is -1.98. The number of ether oxygens (including phenoxy) is 2. The molecule has 0 spiro atoms. The Morgan fingerprint density at radius 3 is 2.16 bits per heavy atom. The van der Waals surface area contributed by atoms with E-state index < -0.39 is 0 Å². The number of carbonyl (C=O) groups is 1. The zero-order chi connectivity index (χ0) is 21.0. The molecule has 0 bridgehead atoms. The maximum absolute atomic E-state index is 12.7. The van der Waals surface area contributed by atoms with Crippen molar-refractivity contribution in [2.75, 3.05) is 0 Å². The van der Waals surface area contributed by atoms with E-state index in [0.717, 1.165) is 22.3 Å². The maximum Gasteiger partial charge on any atom is 0.231 e. The van der Waals surface area contributed by atoms with Crippen LogP contribution in [0.1, 0.15) is 21.5 Å². The molecule has 0 saturated heterocycles.